The Balaban J connectivity index is 1.96. The average Bonchev–Trinajstić information content (AvgIpc) is 2.42. The average molecular weight is 277 g/mol. The molecule has 0 radical (unpaired) electrons. The summed E-state index contributed by atoms with van der Waals surface area (Å²) in [4.78, 5) is 0. The second-order valence-electron chi connectivity index (χ2n) is 5.69. The maximum atomic E-state index is 5.62. The van der Waals surface area contributed by atoms with Crippen molar-refractivity contribution in [3.63, 3.8) is 0 Å². The molecule has 20 heavy (non-hydrogen) atoms. The van der Waals surface area contributed by atoms with E-state index in [9.17, 15) is 0 Å². The molecule has 0 heterocycles. The quantitative estimate of drug-likeness (QED) is 0.784. The first-order valence-corrected chi connectivity index (χ1v) is 7.74. The minimum Gasteiger partial charge on any atom is -0.493 e. The van der Waals surface area contributed by atoms with Crippen molar-refractivity contribution in [1.29, 1.82) is 0 Å². The molecule has 0 amide bonds. The van der Waals surface area contributed by atoms with Crippen LogP contribution in [0.25, 0.3) is 0 Å². The van der Waals surface area contributed by atoms with Crippen molar-refractivity contribution in [2.24, 2.45) is 5.41 Å². The van der Waals surface area contributed by atoms with Gasteiger partial charge < -0.3 is 14.8 Å². The minimum absolute atomic E-state index is 0.546. The van der Waals surface area contributed by atoms with E-state index >= 15 is 0 Å². The molecule has 1 aromatic rings. The van der Waals surface area contributed by atoms with Crippen molar-refractivity contribution >= 4 is 0 Å². The predicted octanol–water partition coefficient (Wildman–Crippen LogP) is 3.76. The zero-order valence-corrected chi connectivity index (χ0v) is 13.0. The van der Waals surface area contributed by atoms with Crippen LogP contribution in [0.1, 0.15) is 45.1 Å². The third-order valence-electron chi connectivity index (χ3n) is 4.54. The normalized spacial score (nSPS) is 16.6. The SMILES string of the molecule is CCOc1cccc(CNCC2(CC)CCC2)c1OC. The van der Waals surface area contributed by atoms with E-state index in [1.54, 1.807) is 7.11 Å². The Bertz CT molecular complexity index is 421. The Labute approximate surface area is 122 Å². The highest BCUT2D eigenvalue weighted by atomic mass is 16.5. The topological polar surface area (TPSA) is 30.5 Å². The molecule has 1 aromatic carbocycles. The molecule has 3 heteroatoms. The van der Waals surface area contributed by atoms with Gasteiger partial charge in [-0.1, -0.05) is 25.5 Å². The summed E-state index contributed by atoms with van der Waals surface area (Å²) in [6.45, 7) is 6.90. The summed E-state index contributed by atoms with van der Waals surface area (Å²) in [6.07, 6.45) is 5.40. The summed E-state index contributed by atoms with van der Waals surface area (Å²) in [5.41, 5.74) is 1.72. The molecule has 0 bridgehead atoms. The standard InChI is InChI=1S/C17H27NO2/c1-4-17(10-7-11-17)13-18-12-14-8-6-9-15(20-5-2)16(14)19-3/h6,8-9,18H,4-5,7,10-13H2,1-3H3. The number of benzene rings is 1. The van der Waals surface area contributed by atoms with Crippen molar-refractivity contribution in [3.05, 3.63) is 23.8 Å². The van der Waals surface area contributed by atoms with E-state index in [-0.39, 0.29) is 0 Å². The fourth-order valence-electron chi connectivity index (χ4n) is 3.00. The lowest BCUT2D eigenvalue weighted by Crippen LogP contribution is -2.39. The van der Waals surface area contributed by atoms with E-state index in [4.69, 9.17) is 9.47 Å². The van der Waals surface area contributed by atoms with Crippen LogP contribution in [0.5, 0.6) is 11.5 Å². The fraction of sp³-hybridized carbons (Fsp3) is 0.647. The number of hydrogen-bond acceptors (Lipinski definition) is 3. The summed E-state index contributed by atoms with van der Waals surface area (Å²) >= 11 is 0. The van der Waals surface area contributed by atoms with Crippen molar-refractivity contribution in [1.82, 2.24) is 5.32 Å². The maximum Gasteiger partial charge on any atom is 0.165 e. The van der Waals surface area contributed by atoms with E-state index < -0.39 is 0 Å². The Morgan fingerprint density at radius 1 is 1.25 bits per heavy atom. The first-order chi connectivity index (χ1) is 9.74. The van der Waals surface area contributed by atoms with E-state index in [1.807, 2.05) is 19.1 Å². The molecule has 1 fully saturated rings. The van der Waals surface area contributed by atoms with Gasteiger partial charge in [-0.05, 0) is 37.7 Å². The van der Waals surface area contributed by atoms with Gasteiger partial charge in [0.25, 0.3) is 0 Å². The molecule has 1 aliphatic carbocycles. The molecule has 0 spiro atoms. The number of ether oxygens (including phenoxy) is 2. The van der Waals surface area contributed by atoms with Gasteiger partial charge >= 0.3 is 0 Å². The molecule has 1 saturated carbocycles. The molecule has 0 atom stereocenters. The molecule has 0 saturated heterocycles. The highest BCUT2D eigenvalue weighted by Crippen LogP contribution is 2.43. The van der Waals surface area contributed by atoms with Crippen LogP contribution in [0.2, 0.25) is 0 Å². The summed E-state index contributed by atoms with van der Waals surface area (Å²) in [7, 11) is 1.71. The molecule has 112 valence electrons. The van der Waals surface area contributed by atoms with Gasteiger partial charge in [0.1, 0.15) is 0 Å². The van der Waals surface area contributed by atoms with Crippen molar-refractivity contribution in [2.75, 3.05) is 20.3 Å². The fourth-order valence-corrected chi connectivity index (χ4v) is 3.00. The van der Waals surface area contributed by atoms with Gasteiger partial charge in [-0.15, -0.1) is 0 Å². The third-order valence-corrected chi connectivity index (χ3v) is 4.54. The van der Waals surface area contributed by atoms with E-state index in [0.717, 1.165) is 24.6 Å². The van der Waals surface area contributed by atoms with Crippen LogP contribution < -0.4 is 14.8 Å². The van der Waals surface area contributed by atoms with E-state index in [0.29, 0.717) is 12.0 Å². The molecule has 1 N–H and O–H groups in total. The molecule has 3 nitrogen and oxygen atoms in total. The van der Waals surface area contributed by atoms with Gasteiger partial charge in [0.2, 0.25) is 0 Å². The second-order valence-corrected chi connectivity index (χ2v) is 5.69. The lowest BCUT2D eigenvalue weighted by Gasteiger charge is -2.41. The minimum atomic E-state index is 0.546. The van der Waals surface area contributed by atoms with Gasteiger partial charge in [-0.2, -0.15) is 0 Å². The molecule has 2 rings (SSSR count). The monoisotopic (exact) mass is 277 g/mol. The number of para-hydroxylation sites is 1. The van der Waals surface area contributed by atoms with Crippen LogP contribution in [0.4, 0.5) is 0 Å². The third kappa shape index (κ3) is 3.26. The first kappa shape index (κ1) is 15.2. The Hall–Kier alpha value is -1.22. The number of hydrogen-bond donors (Lipinski definition) is 1. The second kappa shape index (κ2) is 6.98. The highest BCUT2D eigenvalue weighted by molar-refractivity contribution is 5.46. The number of nitrogens with one attached hydrogen (secondary N) is 1. The first-order valence-electron chi connectivity index (χ1n) is 7.74. The summed E-state index contributed by atoms with van der Waals surface area (Å²) in [6, 6.07) is 6.10. The lowest BCUT2D eigenvalue weighted by molar-refractivity contribution is 0.123. The highest BCUT2D eigenvalue weighted by Gasteiger charge is 2.34. The van der Waals surface area contributed by atoms with Crippen LogP contribution in [0.15, 0.2) is 18.2 Å². The van der Waals surface area contributed by atoms with Crippen molar-refractivity contribution < 1.29 is 9.47 Å². The van der Waals surface area contributed by atoms with Crippen LogP contribution in [0.3, 0.4) is 0 Å². The predicted molar refractivity (Wildman–Crippen MR) is 82.4 cm³/mol. The van der Waals surface area contributed by atoms with E-state index in [1.165, 1.54) is 31.2 Å². The van der Waals surface area contributed by atoms with Gasteiger partial charge in [0.05, 0.1) is 13.7 Å². The molecule has 1 aliphatic rings. The van der Waals surface area contributed by atoms with Crippen LogP contribution in [-0.4, -0.2) is 20.3 Å². The number of methoxy groups -OCH3 is 1. The van der Waals surface area contributed by atoms with E-state index in [2.05, 4.69) is 18.3 Å². The van der Waals surface area contributed by atoms with Gasteiger partial charge in [-0.3, -0.25) is 0 Å². The maximum absolute atomic E-state index is 5.62. The lowest BCUT2D eigenvalue weighted by atomic mass is 9.67. The summed E-state index contributed by atoms with van der Waals surface area (Å²) in [5.74, 6) is 1.70. The smallest absolute Gasteiger partial charge is 0.165 e. The molecular formula is C17H27NO2. The van der Waals surface area contributed by atoms with Gasteiger partial charge in [0.15, 0.2) is 11.5 Å². The number of rotatable bonds is 8. The molecule has 0 unspecified atom stereocenters. The van der Waals surface area contributed by atoms with Crippen molar-refractivity contribution in [2.45, 2.75) is 46.1 Å². The zero-order chi connectivity index (χ0) is 14.4. The van der Waals surface area contributed by atoms with Crippen molar-refractivity contribution in [3.8, 4) is 11.5 Å². The Kier molecular flexibility index (Phi) is 5.30. The molecular weight excluding hydrogens is 250 g/mol. The summed E-state index contributed by atoms with van der Waals surface area (Å²) < 4.78 is 11.1. The van der Waals surface area contributed by atoms with Gasteiger partial charge in [0, 0.05) is 18.7 Å². The molecule has 0 aromatic heterocycles. The Morgan fingerprint density at radius 3 is 2.60 bits per heavy atom. The van der Waals surface area contributed by atoms with Crippen LogP contribution in [-0.2, 0) is 6.54 Å². The Morgan fingerprint density at radius 2 is 2.05 bits per heavy atom. The molecule has 0 aliphatic heterocycles. The van der Waals surface area contributed by atoms with Crippen LogP contribution in [0, 0.1) is 5.41 Å². The van der Waals surface area contributed by atoms with Crippen LogP contribution >= 0.6 is 0 Å². The zero-order valence-electron chi connectivity index (χ0n) is 13.0. The van der Waals surface area contributed by atoms with Gasteiger partial charge in [-0.25, -0.2) is 0 Å². The summed E-state index contributed by atoms with van der Waals surface area (Å²) in [5, 5.41) is 3.60. The largest absolute Gasteiger partial charge is 0.493 e.